The molecule has 5 aromatic rings. The SMILES string of the molecule is CC(=O)Nc1ccc(-c2csc3nc(Nc4ncnc5nc[nH]c45)nn23)cc1. The summed E-state index contributed by atoms with van der Waals surface area (Å²) in [5, 5.41) is 12.4. The minimum Gasteiger partial charge on any atom is -0.340 e. The van der Waals surface area contributed by atoms with Gasteiger partial charge in [0.1, 0.15) is 11.8 Å². The molecule has 5 rings (SSSR count). The number of imidazole rings is 1. The molecule has 11 heteroatoms. The summed E-state index contributed by atoms with van der Waals surface area (Å²) in [6.07, 6.45) is 3.00. The van der Waals surface area contributed by atoms with Gasteiger partial charge in [0.15, 0.2) is 11.5 Å². The van der Waals surface area contributed by atoms with Crippen LogP contribution in [-0.4, -0.2) is 40.4 Å². The van der Waals surface area contributed by atoms with Crippen LogP contribution in [0.15, 0.2) is 42.3 Å². The van der Waals surface area contributed by atoms with E-state index in [0.29, 0.717) is 22.9 Å². The molecule has 0 radical (unpaired) electrons. The summed E-state index contributed by atoms with van der Waals surface area (Å²) < 4.78 is 1.77. The zero-order chi connectivity index (χ0) is 19.1. The zero-order valence-electron chi connectivity index (χ0n) is 14.5. The van der Waals surface area contributed by atoms with E-state index in [1.54, 1.807) is 10.8 Å². The van der Waals surface area contributed by atoms with Crippen molar-refractivity contribution in [3.8, 4) is 11.3 Å². The fraction of sp³-hybridized carbons (Fsp3) is 0.0588. The average Bonchev–Trinajstić information content (AvgIpc) is 3.38. The number of thiazole rings is 1. The number of hydrogen-bond donors (Lipinski definition) is 3. The van der Waals surface area contributed by atoms with Gasteiger partial charge in [0.05, 0.1) is 12.0 Å². The van der Waals surface area contributed by atoms with Crippen molar-refractivity contribution < 1.29 is 4.79 Å². The van der Waals surface area contributed by atoms with Gasteiger partial charge in [-0.3, -0.25) is 4.79 Å². The molecule has 0 bridgehead atoms. The van der Waals surface area contributed by atoms with Gasteiger partial charge < -0.3 is 15.6 Å². The maximum Gasteiger partial charge on any atom is 0.249 e. The number of carbonyl (C=O) groups is 1. The zero-order valence-corrected chi connectivity index (χ0v) is 15.4. The van der Waals surface area contributed by atoms with Gasteiger partial charge in [0.25, 0.3) is 0 Å². The predicted octanol–water partition coefficient (Wildman–Crippen LogP) is 2.83. The van der Waals surface area contributed by atoms with Crippen LogP contribution in [0.25, 0.3) is 27.4 Å². The molecular formula is C17H13N9OS. The van der Waals surface area contributed by atoms with E-state index in [1.807, 2.05) is 29.6 Å². The van der Waals surface area contributed by atoms with Crippen LogP contribution in [0, 0.1) is 0 Å². The highest BCUT2D eigenvalue weighted by Crippen LogP contribution is 2.28. The summed E-state index contributed by atoms with van der Waals surface area (Å²) >= 11 is 1.49. The number of aromatic amines is 1. The number of carbonyl (C=O) groups excluding carboxylic acids is 1. The van der Waals surface area contributed by atoms with Crippen molar-refractivity contribution in [2.45, 2.75) is 6.92 Å². The third-order valence-electron chi connectivity index (χ3n) is 4.04. The molecule has 0 aliphatic carbocycles. The normalized spacial score (nSPS) is 11.2. The average molecular weight is 391 g/mol. The van der Waals surface area contributed by atoms with Gasteiger partial charge in [-0.25, -0.2) is 19.5 Å². The van der Waals surface area contributed by atoms with Gasteiger partial charge in [-0.05, 0) is 12.1 Å². The number of aromatic nitrogens is 7. The number of hydrogen-bond acceptors (Lipinski definition) is 8. The van der Waals surface area contributed by atoms with Gasteiger partial charge in [0, 0.05) is 23.6 Å². The lowest BCUT2D eigenvalue weighted by atomic mass is 10.1. The molecule has 0 fully saturated rings. The largest absolute Gasteiger partial charge is 0.340 e. The maximum atomic E-state index is 11.2. The Morgan fingerprint density at radius 3 is 2.86 bits per heavy atom. The van der Waals surface area contributed by atoms with Crippen molar-refractivity contribution in [1.82, 2.24) is 34.5 Å². The number of rotatable bonds is 4. The monoisotopic (exact) mass is 391 g/mol. The molecule has 1 aromatic carbocycles. The Labute approximate surface area is 161 Å². The Kier molecular flexibility index (Phi) is 3.72. The van der Waals surface area contributed by atoms with Crippen molar-refractivity contribution in [3.63, 3.8) is 0 Å². The summed E-state index contributed by atoms with van der Waals surface area (Å²) in [7, 11) is 0. The Bertz CT molecular complexity index is 1300. The summed E-state index contributed by atoms with van der Waals surface area (Å²) in [6.45, 7) is 1.48. The van der Waals surface area contributed by atoms with Crippen LogP contribution < -0.4 is 10.6 Å². The predicted molar refractivity (Wildman–Crippen MR) is 106 cm³/mol. The van der Waals surface area contributed by atoms with E-state index in [2.05, 4.69) is 40.7 Å². The fourth-order valence-corrected chi connectivity index (χ4v) is 3.66. The molecule has 0 aliphatic rings. The van der Waals surface area contributed by atoms with Crippen LogP contribution in [0.4, 0.5) is 17.5 Å². The first-order valence-electron chi connectivity index (χ1n) is 8.31. The Hall–Kier alpha value is -3.86. The van der Waals surface area contributed by atoms with E-state index < -0.39 is 0 Å². The van der Waals surface area contributed by atoms with E-state index in [-0.39, 0.29) is 5.91 Å². The molecule has 0 saturated heterocycles. The number of nitrogens with zero attached hydrogens (tertiary/aromatic N) is 6. The lowest BCUT2D eigenvalue weighted by Gasteiger charge is -2.04. The number of fused-ring (bicyclic) bond motifs is 2. The summed E-state index contributed by atoms with van der Waals surface area (Å²) in [6, 6.07) is 7.57. The number of benzene rings is 1. The second kappa shape index (κ2) is 6.39. The van der Waals surface area contributed by atoms with Crippen LogP contribution in [-0.2, 0) is 4.79 Å². The van der Waals surface area contributed by atoms with Gasteiger partial charge in [-0.15, -0.1) is 16.4 Å². The van der Waals surface area contributed by atoms with Crippen LogP contribution in [0.3, 0.4) is 0 Å². The molecule has 1 amide bonds. The lowest BCUT2D eigenvalue weighted by molar-refractivity contribution is -0.114. The summed E-state index contributed by atoms with van der Waals surface area (Å²) in [4.78, 5) is 31.9. The van der Waals surface area contributed by atoms with E-state index in [0.717, 1.165) is 21.9 Å². The van der Waals surface area contributed by atoms with Crippen LogP contribution in [0.1, 0.15) is 6.92 Å². The van der Waals surface area contributed by atoms with E-state index in [4.69, 9.17) is 0 Å². The van der Waals surface area contributed by atoms with Gasteiger partial charge >= 0.3 is 0 Å². The van der Waals surface area contributed by atoms with Crippen molar-refractivity contribution >= 4 is 50.8 Å². The minimum atomic E-state index is -0.103. The van der Waals surface area contributed by atoms with E-state index >= 15 is 0 Å². The molecule has 0 spiro atoms. The molecular weight excluding hydrogens is 378 g/mol. The Morgan fingerprint density at radius 2 is 2.04 bits per heavy atom. The Balaban J connectivity index is 1.47. The highest BCUT2D eigenvalue weighted by molar-refractivity contribution is 7.15. The van der Waals surface area contributed by atoms with Crippen LogP contribution in [0.5, 0.6) is 0 Å². The molecule has 138 valence electrons. The number of nitrogens with one attached hydrogen (secondary N) is 3. The molecule has 4 heterocycles. The van der Waals surface area contributed by atoms with E-state index in [9.17, 15) is 4.79 Å². The summed E-state index contributed by atoms with van der Waals surface area (Å²) in [5.74, 6) is 0.883. The highest BCUT2D eigenvalue weighted by Gasteiger charge is 2.14. The van der Waals surface area contributed by atoms with Gasteiger partial charge in [-0.2, -0.15) is 4.98 Å². The number of anilines is 3. The molecule has 0 saturated carbocycles. The first-order valence-corrected chi connectivity index (χ1v) is 9.19. The topological polar surface area (TPSA) is 126 Å². The molecule has 28 heavy (non-hydrogen) atoms. The van der Waals surface area contributed by atoms with Crippen molar-refractivity contribution in [2.24, 2.45) is 0 Å². The number of H-pyrrole nitrogens is 1. The van der Waals surface area contributed by atoms with Gasteiger partial charge in [-0.1, -0.05) is 12.1 Å². The lowest BCUT2D eigenvalue weighted by Crippen LogP contribution is -2.05. The van der Waals surface area contributed by atoms with Crippen molar-refractivity contribution in [1.29, 1.82) is 0 Å². The first-order chi connectivity index (χ1) is 13.7. The molecule has 4 aromatic heterocycles. The van der Waals surface area contributed by atoms with Crippen LogP contribution >= 0.6 is 11.3 Å². The molecule has 0 unspecified atom stereocenters. The third-order valence-corrected chi connectivity index (χ3v) is 4.85. The molecule has 0 aliphatic heterocycles. The van der Waals surface area contributed by atoms with Crippen molar-refractivity contribution in [3.05, 3.63) is 42.3 Å². The molecule has 0 atom stereocenters. The second-order valence-corrected chi connectivity index (χ2v) is 6.79. The van der Waals surface area contributed by atoms with E-state index in [1.165, 1.54) is 24.6 Å². The highest BCUT2D eigenvalue weighted by atomic mass is 32.1. The first kappa shape index (κ1) is 16.3. The Morgan fingerprint density at radius 1 is 1.18 bits per heavy atom. The molecule has 3 N–H and O–H groups in total. The van der Waals surface area contributed by atoms with Gasteiger partial charge in [0.2, 0.25) is 16.8 Å². The third kappa shape index (κ3) is 2.83. The second-order valence-electron chi connectivity index (χ2n) is 5.96. The fourth-order valence-electron chi connectivity index (χ4n) is 2.83. The number of amides is 1. The smallest absolute Gasteiger partial charge is 0.249 e. The quantitative estimate of drug-likeness (QED) is 0.430. The standard InChI is InChI=1S/C17H13N9OS/c1-9(27)22-11-4-2-10(3-5-11)12-6-28-17-24-16(25-26(12)17)23-15-13-14(19-7-18-13)20-8-21-15/h2-8H,1H3,(H,22,27)(H2,18,19,20,21,23,25). The minimum absolute atomic E-state index is 0.103. The summed E-state index contributed by atoms with van der Waals surface area (Å²) in [5.41, 5.74) is 3.88. The van der Waals surface area contributed by atoms with Crippen molar-refractivity contribution in [2.75, 3.05) is 10.6 Å². The molecule has 10 nitrogen and oxygen atoms in total. The van der Waals surface area contributed by atoms with Crippen LogP contribution in [0.2, 0.25) is 0 Å². The maximum absolute atomic E-state index is 11.2.